The highest BCUT2D eigenvalue weighted by Crippen LogP contribution is 2.26. The highest BCUT2D eigenvalue weighted by atomic mass is 32.1. The number of anilines is 1. The molecule has 112 valence electrons. The fraction of sp³-hybridized carbons (Fsp3) is 0.333. The number of aromatic nitrogens is 1. The molecule has 0 atom stereocenters. The van der Waals surface area contributed by atoms with Crippen LogP contribution in [-0.4, -0.2) is 17.5 Å². The summed E-state index contributed by atoms with van der Waals surface area (Å²) in [4.78, 5) is 16.4. The van der Waals surface area contributed by atoms with Crippen molar-refractivity contribution in [2.75, 3.05) is 11.9 Å². The van der Waals surface area contributed by atoms with Crippen LogP contribution in [0.4, 0.5) is 5.69 Å². The van der Waals surface area contributed by atoms with E-state index in [1.54, 1.807) is 11.3 Å². The van der Waals surface area contributed by atoms with Crippen LogP contribution in [0.1, 0.15) is 22.0 Å². The third kappa shape index (κ3) is 4.46. The van der Waals surface area contributed by atoms with Crippen molar-refractivity contribution < 1.29 is 9.53 Å². The molecule has 1 heterocycles. The molecular formula is C15H19N3O2S. The molecule has 0 aliphatic carbocycles. The quantitative estimate of drug-likeness (QED) is 0.824. The molecule has 0 aliphatic rings. The molecule has 1 aromatic heterocycles. The van der Waals surface area contributed by atoms with E-state index in [0.29, 0.717) is 6.54 Å². The maximum atomic E-state index is 10.7. The molecule has 6 heteroatoms. The second-order valence-electron chi connectivity index (χ2n) is 4.66. The van der Waals surface area contributed by atoms with Crippen LogP contribution >= 0.6 is 11.3 Å². The van der Waals surface area contributed by atoms with E-state index >= 15 is 0 Å². The van der Waals surface area contributed by atoms with E-state index in [-0.39, 0.29) is 18.9 Å². The van der Waals surface area contributed by atoms with Gasteiger partial charge in [0.1, 0.15) is 5.75 Å². The molecule has 0 saturated heterocycles. The minimum Gasteiger partial charge on any atom is -0.491 e. The minimum absolute atomic E-state index is 0.210. The fourth-order valence-corrected chi connectivity index (χ4v) is 2.79. The SMILES string of the molecule is Cc1nc(C)c(CNc2ccccc2OCCC(N)=O)s1. The van der Waals surface area contributed by atoms with Gasteiger partial charge >= 0.3 is 0 Å². The van der Waals surface area contributed by atoms with Crippen molar-refractivity contribution in [2.45, 2.75) is 26.8 Å². The first kappa shape index (κ1) is 15.3. The van der Waals surface area contributed by atoms with Gasteiger partial charge in [-0.1, -0.05) is 12.1 Å². The van der Waals surface area contributed by atoms with E-state index in [1.165, 1.54) is 4.88 Å². The highest BCUT2D eigenvalue weighted by molar-refractivity contribution is 7.11. The number of nitrogens with two attached hydrogens (primary N) is 1. The molecule has 0 radical (unpaired) electrons. The second-order valence-corrected chi connectivity index (χ2v) is 5.94. The van der Waals surface area contributed by atoms with Gasteiger partial charge in [0, 0.05) is 4.88 Å². The number of aryl methyl sites for hydroxylation is 2. The highest BCUT2D eigenvalue weighted by Gasteiger charge is 2.07. The van der Waals surface area contributed by atoms with Crippen molar-refractivity contribution >= 4 is 22.9 Å². The van der Waals surface area contributed by atoms with Gasteiger partial charge in [0.15, 0.2) is 0 Å². The van der Waals surface area contributed by atoms with Gasteiger partial charge in [-0.05, 0) is 26.0 Å². The predicted octanol–water partition coefficient (Wildman–Crippen LogP) is 2.63. The number of nitrogens with one attached hydrogen (secondary N) is 1. The van der Waals surface area contributed by atoms with Crippen LogP contribution in [0.2, 0.25) is 0 Å². The number of para-hydroxylation sites is 2. The number of amides is 1. The Morgan fingerprint density at radius 1 is 1.38 bits per heavy atom. The number of nitrogens with zero attached hydrogens (tertiary/aromatic N) is 1. The van der Waals surface area contributed by atoms with Crippen molar-refractivity contribution in [1.29, 1.82) is 0 Å². The Morgan fingerprint density at radius 2 is 2.14 bits per heavy atom. The summed E-state index contributed by atoms with van der Waals surface area (Å²) >= 11 is 1.69. The van der Waals surface area contributed by atoms with Gasteiger partial charge in [0.05, 0.1) is 36.0 Å². The first-order valence-electron chi connectivity index (χ1n) is 6.73. The van der Waals surface area contributed by atoms with Crippen LogP contribution < -0.4 is 15.8 Å². The summed E-state index contributed by atoms with van der Waals surface area (Å²) in [6.45, 7) is 5.00. The predicted molar refractivity (Wildman–Crippen MR) is 84.7 cm³/mol. The number of hydrogen-bond donors (Lipinski definition) is 2. The van der Waals surface area contributed by atoms with E-state index in [9.17, 15) is 4.79 Å². The molecule has 3 N–H and O–H groups in total. The molecule has 0 bridgehead atoms. The molecule has 5 nitrogen and oxygen atoms in total. The zero-order chi connectivity index (χ0) is 15.2. The van der Waals surface area contributed by atoms with Crippen LogP contribution in [0.15, 0.2) is 24.3 Å². The van der Waals surface area contributed by atoms with Crippen molar-refractivity contribution in [3.63, 3.8) is 0 Å². The largest absolute Gasteiger partial charge is 0.491 e. The molecule has 0 saturated carbocycles. The van der Waals surface area contributed by atoms with Crippen LogP contribution in [-0.2, 0) is 11.3 Å². The van der Waals surface area contributed by atoms with E-state index in [0.717, 1.165) is 22.1 Å². The number of rotatable bonds is 7. The Hall–Kier alpha value is -2.08. The molecule has 0 fully saturated rings. The lowest BCUT2D eigenvalue weighted by Crippen LogP contribution is -2.15. The average Bonchev–Trinajstić information content (AvgIpc) is 2.75. The Kier molecular flexibility index (Phi) is 5.16. The van der Waals surface area contributed by atoms with E-state index < -0.39 is 0 Å². The first-order chi connectivity index (χ1) is 10.1. The van der Waals surface area contributed by atoms with Gasteiger partial charge in [-0.25, -0.2) is 4.98 Å². The Morgan fingerprint density at radius 3 is 2.81 bits per heavy atom. The summed E-state index contributed by atoms with van der Waals surface area (Å²) in [6.07, 6.45) is 0.210. The van der Waals surface area contributed by atoms with Crippen molar-refractivity contribution in [3.8, 4) is 5.75 Å². The number of benzene rings is 1. The third-order valence-corrected chi connectivity index (χ3v) is 4.00. The molecule has 0 spiro atoms. The topological polar surface area (TPSA) is 77.2 Å². The maximum absolute atomic E-state index is 10.7. The molecule has 0 unspecified atom stereocenters. The number of thiazole rings is 1. The van der Waals surface area contributed by atoms with Crippen LogP contribution in [0, 0.1) is 13.8 Å². The number of carbonyl (C=O) groups is 1. The standard InChI is InChI=1S/C15H19N3O2S/c1-10-14(21-11(2)18-10)9-17-12-5-3-4-6-13(12)20-8-7-15(16)19/h3-6,17H,7-9H2,1-2H3,(H2,16,19). The van der Waals surface area contributed by atoms with E-state index in [4.69, 9.17) is 10.5 Å². The molecule has 2 aromatic rings. The fourth-order valence-electron chi connectivity index (χ4n) is 1.91. The molecular weight excluding hydrogens is 286 g/mol. The molecule has 1 amide bonds. The summed E-state index contributed by atoms with van der Waals surface area (Å²) in [7, 11) is 0. The van der Waals surface area contributed by atoms with Crippen molar-refractivity contribution in [2.24, 2.45) is 5.73 Å². The van der Waals surface area contributed by atoms with Gasteiger partial charge in [0.25, 0.3) is 0 Å². The minimum atomic E-state index is -0.365. The monoisotopic (exact) mass is 305 g/mol. The Labute approximate surface area is 128 Å². The van der Waals surface area contributed by atoms with Crippen molar-refractivity contribution in [3.05, 3.63) is 39.8 Å². The van der Waals surface area contributed by atoms with Crippen LogP contribution in [0.5, 0.6) is 5.75 Å². The summed E-state index contributed by atoms with van der Waals surface area (Å²) < 4.78 is 5.60. The first-order valence-corrected chi connectivity index (χ1v) is 7.55. The van der Waals surface area contributed by atoms with E-state index in [1.807, 2.05) is 38.1 Å². The zero-order valence-electron chi connectivity index (χ0n) is 12.2. The summed E-state index contributed by atoms with van der Waals surface area (Å²) in [5.41, 5.74) is 7.06. The van der Waals surface area contributed by atoms with Gasteiger partial charge in [0.2, 0.25) is 5.91 Å². The number of ether oxygens (including phenoxy) is 1. The number of hydrogen-bond acceptors (Lipinski definition) is 5. The smallest absolute Gasteiger partial charge is 0.220 e. The number of carbonyl (C=O) groups excluding carboxylic acids is 1. The second kappa shape index (κ2) is 7.08. The van der Waals surface area contributed by atoms with Gasteiger partial charge in [-0.2, -0.15) is 0 Å². The lowest BCUT2D eigenvalue weighted by Gasteiger charge is -2.12. The van der Waals surface area contributed by atoms with Gasteiger partial charge in [-0.15, -0.1) is 11.3 Å². The molecule has 2 rings (SSSR count). The maximum Gasteiger partial charge on any atom is 0.220 e. The lowest BCUT2D eigenvalue weighted by atomic mass is 10.3. The van der Waals surface area contributed by atoms with Crippen LogP contribution in [0.3, 0.4) is 0 Å². The zero-order valence-corrected chi connectivity index (χ0v) is 13.0. The molecule has 0 aliphatic heterocycles. The number of primary amides is 1. The van der Waals surface area contributed by atoms with Gasteiger partial charge in [-0.3, -0.25) is 4.79 Å². The summed E-state index contributed by atoms with van der Waals surface area (Å²) in [5, 5.41) is 4.42. The summed E-state index contributed by atoms with van der Waals surface area (Å²) in [6, 6.07) is 7.65. The summed E-state index contributed by atoms with van der Waals surface area (Å²) in [5.74, 6) is 0.355. The van der Waals surface area contributed by atoms with E-state index in [2.05, 4.69) is 10.3 Å². The molecule has 1 aromatic carbocycles. The third-order valence-electron chi connectivity index (χ3n) is 2.93. The Balaban J connectivity index is 1.99. The molecule has 21 heavy (non-hydrogen) atoms. The normalized spacial score (nSPS) is 10.4. The lowest BCUT2D eigenvalue weighted by molar-refractivity contribution is -0.118. The Bertz CT molecular complexity index is 625. The van der Waals surface area contributed by atoms with Crippen LogP contribution in [0.25, 0.3) is 0 Å². The van der Waals surface area contributed by atoms with Gasteiger partial charge < -0.3 is 15.8 Å². The van der Waals surface area contributed by atoms with Crippen molar-refractivity contribution in [1.82, 2.24) is 4.98 Å². The average molecular weight is 305 g/mol.